The summed E-state index contributed by atoms with van der Waals surface area (Å²) in [4.78, 5) is 11.0. The van der Waals surface area contributed by atoms with Crippen molar-refractivity contribution in [2.45, 2.75) is 44.6 Å². The zero-order valence-electron chi connectivity index (χ0n) is 12.4. The van der Waals surface area contributed by atoms with Crippen LogP contribution in [0, 0.1) is 5.41 Å². The Morgan fingerprint density at radius 3 is 1.83 bits per heavy atom. The lowest BCUT2D eigenvalue weighted by Gasteiger charge is -2.41. The lowest BCUT2D eigenvalue weighted by molar-refractivity contribution is -0.349. The molecule has 0 saturated carbocycles. The maximum absolute atomic E-state index is 13.1. The summed E-state index contributed by atoms with van der Waals surface area (Å²) in [7, 11) is 0. The van der Waals surface area contributed by atoms with Crippen LogP contribution in [0.5, 0.6) is 0 Å². The minimum atomic E-state index is -6.60. The van der Waals surface area contributed by atoms with E-state index >= 15 is 0 Å². The van der Waals surface area contributed by atoms with Crippen molar-refractivity contribution in [1.82, 2.24) is 0 Å². The zero-order valence-corrected chi connectivity index (χ0v) is 12.4. The Hall–Kier alpha value is -1.10. The molecule has 1 aliphatic rings. The van der Waals surface area contributed by atoms with Gasteiger partial charge in [-0.1, -0.05) is 6.92 Å². The SMILES string of the molecule is CC1(COC(=O)C(F)(F)C(F)(F)C(F)(F)F)COC(C)(C)OC1. The summed E-state index contributed by atoms with van der Waals surface area (Å²) in [5, 5.41) is 0. The van der Waals surface area contributed by atoms with Crippen molar-refractivity contribution >= 4 is 5.97 Å². The fraction of sp³-hybridized carbons (Fsp3) is 0.917. The molecule has 1 saturated heterocycles. The van der Waals surface area contributed by atoms with Crippen molar-refractivity contribution in [3.05, 3.63) is 0 Å². The first-order valence-corrected chi connectivity index (χ1v) is 6.32. The second-order valence-corrected chi connectivity index (χ2v) is 6.01. The summed E-state index contributed by atoms with van der Waals surface area (Å²) >= 11 is 0. The van der Waals surface area contributed by atoms with Crippen LogP contribution in [0.15, 0.2) is 0 Å². The first-order chi connectivity index (χ1) is 10.0. The van der Waals surface area contributed by atoms with Crippen LogP contribution < -0.4 is 0 Å². The molecule has 0 N–H and O–H groups in total. The fourth-order valence-electron chi connectivity index (χ4n) is 1.50. The van der Waals surface area contributed by atoms with Gasteiger partial charge in [-0.25, -0.2) is 4.79 Å². The normalized spacial score (nSPS) is 21.8. The summed E-state index contributed by atoms with van der Waals surface area (Å²) < 4.78 is 102. The first kappa shape index (κ1) is 19.9. The highest BCUT2D eigenvalue weighted by atomic mass is 19.4. The largest absolute Gasteiger partial charge is 0.460 e. The van der Waals surface area contributed by atoms with Crippen molar-refractivity contribution < 1.29 is 49.7 Å². The second kappa shape index (κ2) is 5.76. The average molecular weight is 356 g/mol. The van der Waals surface area contributed by atoms with E-state index in [0.29, 0.717) is 0 Å². The first-order valence-electron chi connectivity index (χ1n) is 6.32. The highest BCUT2D eigenvalue weighted by molar-refractivity contribution is 5.79. The number of hydrogen-bond acceptors (Lipinski definition) is 4. The summed E-state index contributed by atoms with van der Waals surface area (Å²) in [6.07, 6.45) is -6.60. The number of carbonyl (C=O) groups is 1. The molecule has 136 valence electrons. The fourth-order valence-corrected chi connectivity index (χ4v) is 1.50. The number of hydrogen-bond donors (Lipinski definition) is 0. The third kappa shape index (κ3) is 4.06. The van der Waals surface area contributed by atoms with Gasteiger partial charge in [-0.15, -0.1) is 0 Å². The molecule has 1 fully saturated rings. The topological polar surface area (TPSA) is 44.8 Å². The van der Waals surface area contributed by atoms with Crippen molar-refractivity contribution in [1.29, 1.82) is 0 Å². The Kier molecular flexibility index (Phi) is 5.00. The lowest BCUT2D eigenvalue weighted by atomic mass is 9.93. The van der Waals surface area contributed by atoms with Crippen LogP contribution >= 0.6 is 0 Å². The molecule has 1 aliphatic heterocycles. The lowest BCUT2D eigenvalue weighted by Crippen LogP contribution is -2.57. The summed E-state index contributed by atoms with van der Waals surface area (Å²) in [5.74, 6) is -16.5. The molecule has 23 heavy (non-hydrogen) atoms. The summed E-state index contributed by atoms with van der Waals surface area (Å²) in [5.41, 5.74) is -1.16. The minimum absolute atomic E-state index is 0.130. The molecule has 11 heteroatoms. The van der Waals surface area contributed by atoms with Gasteiger partial charge in [0.15, 0.2) is 5.79 Å². The van der Waals surface area contributed by atoms with Gasteiger partial charge in [0.2, 0.25) is 0 Å². The van der Waals surface area contributed by atoms with E-state index in [9.17, 15) is 35.5 Å². The van der Waals surface area contributed by atoms with Gasteiger partial charge in [0, 0.05) is 5.41 Å². The molecule has 0 radical (unpaired) electrons. The highest BCUT2D eigenvalue weighted by Crippen LogP contribution is 2.47. The number of halogens is 7. The van der Waals surface area contributed by atoms with E-state index in [1.807, 2.05) is 0 Å². The van der Waals surface area contributed by atoms with Gasteiger partial charge in [-0.3, -0.25) is 0 Å². The van der Waals surface area contributed by atoms with Gasteiger partial charge in [0.25, 0.3) is 0 Å². The van der Waals surface area contributed by atoms with Gasteiger partial charge < -0.3 is 14.2 Å². The Labute approximate surface area is 126 Å². The molecule has 1 heterocycles. The smallest absolute Gasteiger partial charge is 0.460 e. The quantitative estimate of drug-likeness (QED) is 0.573. The third-order valence-corrected chi connectivity index (χ3v) is 3.09. The van der Waals surface area contributed by atoms with Gasteiger partial charge in [0.05, 0.1) is 13.2 Å². The van der Waals surface area contributed by atoms with Gasteiger partial charge >= 0.3 is 24.0 Å². The van der Waals surface area contributed by atoms with Crippen molar-refractivity contribution in [3.8, 4) is 0 Å². The van der Waals surface area contributed by atoms with E-state index in [-0.39, 0.29) is 13.2 Å². The second-order valence-electron chi connectivity index (χ2n) is 6.01. The average Bonchev–Trinajstić information content (AvgIpc) is 2.38. The van der Waals surface area contributed by atoms with Crippen LogP contribution in [-0.2, 0) is 19.0 Å². The van der Waals surface area contributed by atoms with Crippen molar-refractivity contribution in [2.24, 2.45) is 5.41 Å². The maximum atomic E-state index is 13.1. The van der Waals surface area contributed by atoms with Gasteiger partial charge in [-0.2, -0.15) is 30.7 Å². The molecule has 0 spiro atoms. The van der Waals surface area contributed by atoms with E-state index in [2.05, 4.69) is 4.74 Å². The molecule has 0 atom stereocenters. The predicted molar refractivity (Wildman–Crippen MR) is 61.0 cm³/mol. The van der Waals surface area contributed by atoms with E-state index < -0.39 is 41.8 Å². The highest BCUT2D eigenvalue weighted by Gasteiger charge is 2.77. The molecule has 0 aromatic heterocycles. The molecule has 0 aliphatic carbocycles. The van der Waals surface area contributed by atoms with Crippen molar-refractivity contribution in [3.63, 3.8) is 0 Å². The standard InChI is InChI=1S/C12H15F7O4/c1-8(2)22-5-9(3,6-23-8)4-21-7(20)10(13,14)11(15,16)12(17,18)19/h4-6H2,1-3H3. The van der Waals surface area contributed by atoms with Crippen molar-refractivity contribution in [2.75, 3.05) is 19.8 Å². The van der Waals surface area contributed by atoms with Crippen LogP contribution in [0.3, 0.4) is 0 Å². The van der Waals surface area contributed by atoms with Crippen LogP contribution in [0.1, 0.15) is 20.8 Å². The molecule has 1 rings (SSSR count). The molecule has 0 amide bonds. The third-order valence-electron chi connectivity index (χ3n) is 3.09. The van der Waals surface area contributed by atoms with Gasteiger partial charge in [-0.05, 0) is 13.8 Å². The van der Waals surface area contributed by atoms with Gasteiger partial charge in [0.1, 0.15) is 6.61 Å². The number of rotatable bonds is 4. The van der Waals surface area contributed by atoms with Crippen LogP contribution in [-0.4, -0.2) is 49.6 Å². The Morgan fingerprint density at radius 2 is 1.43 bits per heavy atom. The van der Waals surface area contributed by atoms with Crippen LogP contribution in [0.2, 0.25) is 0 Å². The summed E-state index contributed by atoms with van der Waals surface area (Å²) in [6.45, 7) is 3.34. The Bertz CT molecular complexity index is 449. The van der Waals surface area contributed by atoms with E-state index in [0.717, 1.165) is 0 Å². The molecule has 0 aromatic carbocycles. The number of ether oxygens (including phenoxy) is 3. The monoisotopic (exact) mass is 356 g/mol. The predicted octanol–water partition coefficient (Wildman–Crippen LogP) is 3.15. The number of carbonyl (C=O) groups excluding carboxylic acids is 1. The minimum Gasteiger partial charge on any atom is -0.460 e. The molecule has 0 unspecified atom stereocenters. The van der Waals surface area contributed by atoms with Crippen LogP contribution in [0.25, 0.3) is 0 Å². The molecular weight excluding hydrogens is 341 g/mol. The molecule has 0 aromatic rings. The van der Waals surface area contributed by atoms with E-state index in [1.54, 1.807) is 13.8 Å². The molecular formula is C12H15F7O4. The number of esters is 1. The van der Waals surface area contributed by atoms with Crippen LogP contribution in [0.4, 0.5) is 30.7 Å². The Balaban J connectivity index is 2.73. The maximum Gasteiger partial charge on any atom is 0.460 e. The number of alkyl halides is 7. The Morgan fingerprint density at radius 1 is 1.00 bits per heavy atom. The summed E-state index contributed by atoms with van der Waals surface area (Å²) in [6, 6.07) is 0. The van der Waals surface area contributed by atoms with E-state index in [1.165, 1.54) is 6.92 Å². The molecule has 0 bridgehead atoms. The van der Waals surface area contributed by atoms with E-state index in [4.69, 9.17) is 9.47 Å². The molecule has 4 nitrogen and oxygen atoms in total. The zero-order chi connectivity index (χ0) is 18.3.